The summed E-state index contributed by atoms with van der Waals surface area (Å²) in [6.45, 7) is 7.32. The van der Waals surface area contributed by atoms with E-state index < -0.39 is 11.4 Å². The summed E-state index contributed by atoms with van der Waals surface area (Å²) in [4.78, 5) is 3.94. The minimum atomic E-state index is -1.23. The Morgan fingerprint density at radius 2 is 2.12 bits per heavy atom. The maximum absolute atomic E-state index is 13.4. The zero-order chi connectivity index (χ0) is 12.3. The molecule has 0 spiro atoms. The minimum Gasteiger partial charge on any atom is -0.598 e. The second kappa shape index (κ2) is 5.12. The van der Waals surface area contributed by atoms with E-state index in [0.29, 0.717) is 5.69 Å². The lowest BCUT2D eigenvalue weighted by Gasteiger charge is -2.26. The van der Waals surface area contributed by atoms with Crippen LogP contribution < -0.4 is 4.72 Å². The van der Waals surface area contributed by atoms with E-state index in [0.717, 1.165) is 0 Å². The Morgan fingerprint density at radius 1 is 1.50 bits per heavy atom. The Morgan fingerprint density at radius 3 is 2.62 bits per heavy atom. The van der Waals surface area contributed by atoms with Crippen LogP contribution in [0.3, 0.4) is 0 Å². The van der Waals surface area contributed by atoms with Crippen molar-refractivity contribution in [1.82, 2.24) is 9.71 Å². The third kappa shape index (κ3) is 3.43. The minimum absolute atomic E-state index is 0.292. The summed E-state index contributed by atoms with van der Waals surface area (Å²) in [6, 6.07) is 2.51. The molecule has 0 radical (unpaired) electrons. The average Bonchev–Trinajstić information content (AvgIpc) is 2.16. The van der Waals surface area contributed by atoms with E-state index in [-0.39, 0.29) is 16.6 Å². The molecule has 0 aliphatic heterocycles. The second-order valence-electron chi connectivity index (χ2n) is 4.59. The number of pyridine rings is 1. The molecule has 0 unspecified atom stereocenters. The van der Waals surface area contributed by atoms with Gasteiger partial charge in [-0.05, 0) is 39.8 Å². The SMILES string of the molecule is C[C@@H](N[S@@+]([O-])C(C)(C)C)c1ncccc1F. The molecule has 1 rings (SSSR count). The highest BCUT2D eigenvalue weighted by Gasteiger charge is 2.29. The van der Waals surface area contributed by atoms with Gasteiger partial charge in [-0.3, -0.25) is 4.98 Å². The van der Waals surface area contributed by atoms with Gasteiger partial charge in [0.2, 0.25) is 0 Å². The molecule has 1 aromatic rings. The molecule has 0 fully saturated rings. The quantitative estimate of drug-likeness (QED) is 0.830. The maximum Gasteiger partial charge on any atom is 0.146 e. The summed E-state index contributed by atoms with van der Waals surface area (Å²) in [5.41, 5.74) is 0.292. The first-order valence-corrected chi connectivity index (χ1v) is 6.26. The molecule has 0 amide bonds. The smallest absolute Gasteiger partial charge is 0.146 e. The number of hydrogen-bond acceptors (Lipinski definition) is 3. The fourth-order valence-corrected chi connectivity index (χ4v) is 1.90. The van der Waals surface area contributed by atoms with E-state index in [1.54, 1.807) is 6.92 Å². The number of nitrogens with zero attached hydrogens (tertiary/aromatic N) is 1. The van der Waals surface area contributed by atoms with E-state index in [9.17, 15) is 8.94 Å². The molecule has 90 valence electrons. The monoisotopic (exact) mass is 244 g/mol. The molecule has 5 heteroatoms. The lowest BCUT2D eigenvalue weighted by atomic mass is 10.2. The average molecular weight is 244 g/mol. The molecule has 1 heterocycles. The van der Waals surface area contributed by atoms with Gasteiger partial charge < -0.3 is 4.55 Å². The third-order valence-electron chi connectivity index (χ3n) is 2.04. The maximum atomic E-state index is 13.4. The van der Waals surface area contributed by atoms with Crippen molar-refractivity contribution in [2.75, 3.05) is 0 Å². The third-order valence-corrected chi connectivity index (χ3v) is 3.72. The van der Waals surface area contributed by atoms with Crippen LogP contribution in [-0.2, 0) is 11.4 Å². The van der Waals surface area contributed by atoms with Gasteiger partial charge in [-0.25, -0.2) is 4.39 Å². The predicted octanol–water partition coefficient (Wildman–Crippen LogP) is 2.33. The van der Waals surface area contributed by atoms with Crippen LogP contribution in [0.5, 0.6) is 0 Å². The summed E-state index contributed by atoms with van der Waals surface area (Å²) in [5, 5.41) is 0. The Balaban J connectivity index is 2.73. The molecule has 0 aliphatic carbocycles. The van der Waals surface area contributed by atoms with Crippen LogP contribution in [0.4, 0.5) is 4.39 Å². The Hall–Kier alpha value is -0.650. The van der Waals surface area contributed by atoms with Gasteiger partial charge >= 0.3 is 0 Å². The largest absolute Gasteiger partial charge is 0.598 e. The fourth-order valence-electron chi connectivity index (χ4n) is 1.11. The number of rotatable bonds is 3. The molecule has 3 nitrogen and oxygen atoms in total. The second-order valence-corrected chi connectivity index (χ2v) is 6.59. The predicted molar refractivity (Wildman–Crippen MR) is 63.6 cm³/mol. The van der Waals surface area contributed by atoms with Crippen LogP contribution in [0.25, 0.3) is 0 Å². The van der Waals surface area contributed by atoms with Crippen LogP contribution in [0.2, 0.25) is 0 Å². The van der Waals surface area contributed by atoms with Crippen molar-refractivity contribution < 1.29 is 8.94 Å². The van der Waals surface area contributed by atoms with E-state index >= 15 is 0 Å². The van der Waals surface area contributed by atoms with Gasteiger partial charge in [-0.1, -0.05) is 0 Å². The first-order chi connectivity index (χ1) is 7.32. The van der Waals surface area contributed by atoms with Crippen molar-refractivity contribution in [3.63, 3.8) is 0 Å². The number of hydrogen-bond donors (Lipinski definition) is 1. The highest BCUT2D eigenvalue weighted by molar-refractivity contribution is 7.90. The van der Waals surface area contributed by atoms with Gasteiger partial charge in [-0.15, -0.1) is 4.72 Å². The molecule has 0 aromatic carbocycles. The van der Waals surface area contributed by atoms with Crippen LogP contribution in [-0.4, -0.2) is 14.3 Å². The summed E-state index contributed by atoms with van der Waals surface area (Å²) in [6.07, 6.45) is 1.52. The highest BCUT2D eigenvalue weighted by atomic mass is 32.2. The van der Waals surface area contributed by atoms with Crippen LogP contribution in [0.1, 0.15) is 39.4 Å². The Labute approximate surface area is 98.8 Å². The van der Waals surface area contributed by atoms with Crippen molar-refractivity contribution in [1.29, 1.82) is 0 Å². The van der Waals surface area contributed by atoms with Crippen molar-refractivity contribution in [3.8, 4) is 0 Å². The topological polar surface area (TPSA) is 48.0 Å². The lowest BCUT2D eigenvalue weighted by Crippen LogP contribution is -2.40. The van der Waals surface area contributed by atoms with Crippen LogP contribution >= 0.6 is 0 Å². The van der Waals surface area contributed by atoms with Crippen molar-refractivity contribution in [2.24, 2.45) is 0 Å². The van der Waals surface area contributed by atoms with Crippen molar-refractivity contribution in [3.05, 3.63) is 29.8 Å². The van der Waals surface area contributed by atoms with Gasteiger partial charge in [0, 0.05) is 17.6 Å². The van der Waals surface area contributed by atoms with Gasteiger partial charge in [0.1, 0.15) is 10.6 Å². The Bertz CT molecular complexity index is 354. The molecule has 0 saturated heterocycles. The number of halogens is 1. The van der Waals surface area contributed by atoms with Crippen molar-refractivity contribution in [2.45, 2.75) is 38.5 Å². The van der Waals surface area contributed by atoms with E-state index in [1.807, 2.05) is 20.8 Å². The van der Waals surface area contributed by atoms with E-state index in [2.05, 4.69) is 9.71 Å². The lowest BCUT2D eigenvalue weighted by molar-refractivity contribution is 0.516. The van der Waals surface area contributed by atoms with Crippen LogP contribution in [0, 0.1) is 5.82 Å². The van der Waals surface area contributed by atoms with E-state index in [4.69, 9.17) is 0 Å². The summed E-state index contributed by atoms with van der Waals surface area (Å²) in [7, 11) is 0. The zero-order valence-corrected chi connectivity index (χ0v) is 10.8. The molecule has 2 atom stereocenters. The standard InChI is InChI=1S/C11H17FN2OS/c1-8(14-16(15)11(2,3)4)10-9(12)6-5-7-13-10/h5-8,14H,1-4H3/t8-,16+/m1/s1. The van der Waals surface area contributed by atoms with Gasteiger partial charge in [0.15, 0.2) is 0 Å². The summed E-state index contributed by atoms with van der Waals surface area (Å²) < 4.78 is 27.7. The first kappa shape index (κ1) is 13.4. The Kier molecular flexibility index (Phi) is 4.29. The van der Waals surface area contributed by atoms with Crippen molar-refractivity contribution >= 4 is 11.4 Å². The van der Waals surface area contributed by atoms with Gasteiger partial charge in [0.25, 0.3) is 0 Å². The molecule has 1 N–H and O–H groups in total. The number of nitrogens with one attached hydrogen (secondary N) is 1. The summed E-state index contributed by atoms with van der Waals surface area (Å²) >= 11 is -1.23. The molecule has 0 aliphatic rings. The normalized spacial score (nSPS) is 15.9. The fraction of sp³-hybridized carbons (Fsp3) is 0.545. The van der Waals surface area contributed by atoms with E-state index in [1.165, 1.54) is 18.3 Å². The molecule has 0 bridgehead atoms. The molecule has 1 aromatic heterocycles. The first-order valence-electron chi connectivity index (χ1n) is 5.11. The molecule has 0 saturated carbocycles. The molecular formula is C11H17FN2OS. The zero-order valence-electron chi connectivity index (χ0n) is 9.95. The summed E-state index contributed by atoms with van der Waals surface area (Å²) in [5.74, 6) is -0.381. The molecule has 16 heavy (non-hydrogen) atoms. The van der Waals surface area contributed by atoms with Gasteiger partial charge in [-0.2, -0.15) is 0 Å². The van der Waals surface area contributed by atoms with Gasteiger partial charge in [0.05, 0.1) is 11.7 Å². The van der Waals surface area contributed by atoms with Crippen LogP contribution in [0.15, 0.2) is 18.3 Å². The highest BCUT2D eigenvalue weighted by Crippen LogP contribution is 2.19. The molecular weight excluding hydrogens is 227 g/mol. The number of aromatic nitrogens is 1.